The van der Waals surface area contributed by atoms with E-state index < -0.39 is 6.10 Å². The average Bonchev–Trinajstić information content (AvgIpc) is 3.18. The summed E-state index contributed by atoms with van der Waals surface area (Å²) in [6.07, 6.45) is 11.9. The molecule has 238 valence electrons. The predicted molar refractivity (Wildman–Crippen MR) is 183 cm³/mol. The number of halogens is 2. The predicted octanol–water partition coefficient (Wildman–Crippen LogP) is 7.63. The summed E-state index contributed by atoms with van der Waals surface area (Å²) >= 11 is 11.8. The first kappa shape index (κ1) is 32.4. The summed E-state index contributed by atoms with van der Waals surface area (Å²) in [5.41, 5.74) is 3.81. The van der Waals surface area contributed by atoms with Crippen LogP contribution in [0.5, 0.6) is 5.75 Å². The minimum atomic E-state index is -0.529. The smallest absolute Gasteiger partial charge is 0.337 e. The summed E-state index contributed by atoms with van der Waals surface area (Å²) in [7, 11) is 1.41. The summed E-state index contributed by atoms with van der Waals surface area (Å²) in [5, 5.41) is 12.9. The molecule has 0 unspecified atom stereocenters. The summed E-state index contributed by atoms with van der Waals surface area (Å²) in [6, 6.07) is 13.7. The number of allylic oxidation sites excluding steroid dienone is 1. The number of aromatic nitrogens is 2. The van der Waals surface area contributed by atoms with Crippen molar-refractivity contribution in [3.05, 3.63) is 87.1 Å². The number of carbonyl (C=O) groups excluding carboxylic acids is 1. The lowest BCUT2D eigenvalue weighted by atomic mass is 9.68. The SMILES string of the molecule is COC(=O)c1ccc2c(c1)N(C[C@@H]1CC[C@H]1[C@@H](O)/C=C(\Br)CCCSc1ncccn1)C[C@@]1(CCCc3cc(Cl)ccc31)CO2. The van der Waals surface area contributed by atoms with Gasteiger partial charge in [-0.25, -0.2) is 14.8 Å². The average molecular weight is 713 g/mol. The zero-order valence-electron chi connectivity index (χ0n) is 25.5. The standard InChI is InChI=1S/C35H39BrClN3O4S/c1-43-33(42)24-8-12-32-30(18-24)40(21-35(22-44-32)13-2-5-23-17-27(37)9-11-29(23)35)20-25-7-10-28(25)31(41)19-26(36)6-3-16-45-34-38-14-4-15-39-34/h4,8-9,11-12,14-15,17-19,25,28,31,41H,2-3,5-7,10,13,16,20-22H2,1H3/b26-19-/t25-,28+,31-,35-/m0/s1. The molecule has 7 nitrogen and oxygen atoms in total. The number of carbonyl (C=O) groups is 1. The third-order valence-corrected chi connectivity index (χ3v) is 11.4. The summed E-state index contributed by atoms with van der Waals surface area (Å²) in [6.45, 7) is 2.09. The van der Waals surface area contributed by atoms with Gasteiger partial charge >= 0.3 is 5.97 Å². The van der Waals surface area contributed by atoms with Crippen LogP contribution < -0.4 is 9.64 Å². The highest BCUT2D eigenvalue weighted by Crippen LogP contribution is 2.47. The molecule has 1 saturated carbocycles. The summed E-state index contributed by atoms with van der Waals surface area (Å²) in [4.78, 5) is 23.5. The number of ether oxygens (including phenoxy) is 2. The van der Waals surface area contributed by atoms with Crippen molar-refractivity contribution in [1.82, 2.24) is 9.97 Å². The van der Waals surface area contributed by atoms with Crippen LogP contribution in [0.15, 0.2) is 70.6 Å². The van der Waals surface area contributed by atoms with Crippen molar-refractivity contribution in [2.24, 2.45) is 11.8 Å². The van der Waals surface area contributed by atoms with Gasteiger partial charge in [0.2, 0.25) is 0 Å². The Bertz CT molecular complexity index is 1540. The van der Waals surface area contributed by atoms with Gasteiger partial charge in [0.05, 0.1) is 31.1 Å². The molecule has 2 heterocycles. The monoisotopic (exact) mass is 711 g/mol. The molecule has 1 N–H and O–H groups in total. The second-order valence-corrected chi connectivity index (χ2v) is 14.9. The minimum absolute atomic E-state index is 0.162. The second kappa shape index (κ2) is 14.4. The van der Waals surface area contributed by atoms with E-state index in [9.17, 15) is 9.90 Å². The number of nitrogens with zero attached hydrogens (tertiary/aromatic N) is 3. The highest BCUT2D eigenvalue weighted by Gasteiger charge is 2.44. The molecule has 2 aromatic carbocycles. The molecule has 45 heavy (non-hydrogen) atoms. The van der Waals surface area contributed by atoms with E-state index in [0.717, 1.165) is 89.9 Å². The molecule has 2 aliphatic carbocycles. The number of thioether (sulfide) groups is 1. The van der Waals surface area contributed by atoms with Crippen molar-refractivity contribution in [3.63, 3.8) is 0 Å². The minimum Gasteiger partial charge on any atom is -0.490 e. The molecule has 4 atom stereocenters. The molecule has 3 aliphatic rings. The molecule has 0 radical (unpaired) electrons. The molecule has 0 amide bonds. The number of methoxy groups -OCH3 is 1. The van der Waals surface area contributed by atoms with Gasteiger partial charge in [-0.2, -0.15) is 0 Å². The lowest BCUT2D eigenvalue weighted by Gasteiger charge is -2.45. The molecule has 3 aromatic rings. The van der Waals surface area contributed by atoms with Crippen molar-refractivity contribution in [2.75, 3.05) is 37.5 Å². The van der Waals surface area contributed by atoms with Crippen LogP contribution in [0.2, 0.25) is 5.02 Å². The van der Waals surface area contributed by atoms with Crippen LogP contribution in [-0.2, 0) is 16.6 Å². The summed E-state index contributed by atoms with van der Waals surface area (Å²) < 4.78 is 12.6. The van der Waals surface area contributed by atoms with E-state index >= 15 is 0 Å². The number of esters is 1. The van der Waals surface area contributed by atoms with E-state index in [1.807, 2.05) is 30.3 Å². The Hall–Kier alpha value is -2.59. The van der Waals surface area contributed by atoms with Crippen molar-refractivity contribution >= 4 is 50.9 Å². The first-order valence-corrected chi connectivity index (χ1v) is 17.8. The van der Waals surface area contributed by atoms with Crippen molar-refractivity contribution in [2.45, 2.75) is 61.6 Å². The number of hydrogen-bond acceptors (Lipinski definition) is 8. The largest absolute Gasteiger partial charge is 0.490 e. The topological polar surface area (TPSA) is 84.8 Å². The summed E-state index contributed by atoms with van der Waals surface area (Å²) in [5.74, 6) is 1.79. The Balaban J connectivity index is 1.19. The molecule has 1 spiro atoms. The van der Waals surface area contributed by atoms with Crippen LogP contribution in [0.1, 0.15) is 60.0 Å². The van der Waals surface area contributed by atoms with Gasteiger partial charge in [-0.1, -0.05) is 45.4 Å². The van der Waals surface area contributed by atoms with E-state index in [1.165, 1.54) is 18.2 Å². The van der Waals surface area contributed by atoms with E-state index in [-0.39, 0.29) is 17.3 Å². The maximum absolute atomic E-state index is 12.5. The number of aryl methyl sites for hydroxylation is 1. The fraction of sp³-hybridized carbons (Fsp3) is 0.457. The highest BCUT2D eigenvalue weighted by molar-refractivity contribution is 9.11. The molecule has 0 saturated heterocycles. The third kappa shape index (κ3) is 7.37. The number of rotatable bonds is 10. The Morgan fingerprint density at radius 3 is 2.89 bits per heavy atom. The first-order chi connectivity index (χ1) is 21.8. The van der Waals surface area contributed by atoms with Gasteiger partial charge in [0.15, 0.2) is 5.16 Å². The molecule has 6 rings (SSSR count). The van der Waals surface area contributed by atoms with Gasteiger partial charge in [-0.05, 0) is 115 Å². The first-order valence-electron chi connectivity index (χ1n) is 15.7. The molecule has 1 aromatic heterocycles. The fourth-order valence-corrected chi connectivity index (χ4v) is 8.56. The second-order valence-electron chi connectivity index (χ2n) is 12.4. The lowest BCUT2D eigenvalue weighted by molar-refractivity contribution is 0.0455. The number of hydrogen-bond donors (Lipinski definition) is 1. The van der Waals surface area contributed by atoms with Crippen LogP contribution in [0.4, 0.5) is 5.69 Å². The van der Waals surface area contributed by atoms with E-state index in [2.05, 4.69) is 42.9 Å². The van der Waals surface area contributed by atoms with E-state index in [4.69, 9.17) is 21.1 Å². The number of fused-ring (bicyclic) bond motifs is 3. The maximum Gasteiger partial charge on any atom is 0.337 e. The van der Waals surface area contributed by atoms with Crippen molar-refractivity contribution in [1.29, 1.82) is 0 Å². The normalized spacial score (nSPS) is 23.3. The zero-order chi connectivity index (χ0) is 31.4. The van der Waals surface area contributed by atoms with Gasteiger partial charge in [0, 0.05) is 41.7 Å². The molecule has 10 heteroatoms. The van der Waals surface area contributed by atoms with Crippen LogP contribution in [0, 0.1) is 11.8 Å². The Morgan fingerprint density at radius 2 is 2.11 bits per heavy atom. The van der Waals surface area contributed by atoms with E-state index in [1.54, 1.807) is 30.2 Å². The van der Waals surface area contributed by atoms with Crippen LogP contribution >= 0.6 is 39.3 Å². The van der Waals surface area contributed by atoms with Crippen molar-refractivity contribution < 1.29 is 19.4 Å². The van der Waals surface area contributed by atoms with Gasteiger partial charge < -0.3 is 19.5 Å². The van der Waals surface area contributed by atoms with E-state index in [0.29, 0.717) is 18.1 Å². The lowest BCUT2D eigenvalue weighted by Crippen LogP contribution is -2.49. The molecule has 1 fully saturated rings. The van der Waals surface area contributed by atoms with Crippen LogP contribution in [0.25, 0.3) is 0 Å². The quantitative estimate of drug-likeness (QED) is 0.0995. The highest BCUT2D eigenvalue weighted by atomic mass is 79.9. The number of anilines is 1. The number of aliphatic hydroxyl groups excluding tert-OH is 1. The van der Waals surface area contributed by atoms with Crippen LogP contribution in [0.3, 0.4) is 0 Å². The third-order valence-electron chi connectivity index (χ3n) is 9.51. The zero-order valence-corrected chi connectivity index (χ0v) is 28.6. The van der Waals surface area contributed by atoms with Gasteiger partial charge in [0.25, 0.3) is 0 Å². The Kier molecular flexibility index (Phi) is 10.4. The fourth-order valence-electron chi connectivity index (χ4n) is 7.07. The Labute approximate surface area is 282 Å². The maximum atomic E-state index is 12.5. The van der Waals surface area contributed by atoms with Gasteiger partial charge in [0.1, 0.15) is 5.75 Å². The molecular formula is C35H39BrClN3O4S. The van der Waals surface area contributed by atoms with Crippen LogP contribution in [-0.4, -0.2) is 59.7 Å². The van der Waals surface area contributed by atoms with Gasteiger partial charge in [-0.15, -0.1) is 0 Å². The Morgan fingerprint density at radius 1 is 1.27 bits per heavy atom. The number of aliphatic hydroxyl groups is 1. The van der Waals surface area contributed by atoms with Gasteiger partial charge in [-0.3, -0.25) is 0 Å². The molecule has 0 bridgehead atoms. The number of benzene rings is 2. The van der Waals surface area contributed by atoms with Crippen molar-refractivity contribution in [3.8, 4) is 5.75 Å². The molecule has 1 aliphatic heterocycles. The molecular weight excluding hydrogens is 674 g/mol.